The monoisotopic (exact) mass is 367 g/mol. The molecule has 0 radical (unpaired) electrons. The number of hydrogen-bond acceptors (Lipinski definition) is 5. The SMILES string of the molecule is COC(=O)c1ccc(C(=O)OC)c(NC(=O)c2ccc3c(c2)CCCC3)c1. The summed E-state index contributed by atoms with van der Waals surface area (Å²) in [4.78, 5) is 36.5. The minimum atomic E-state index is -0.604. The van der Waals surface area contributed by atoms with Crippen LogP contribution in [0.25, 0.3) is 0 Å². The van der Waals surface area contributed by atoms with Crippen molar-refractivity contribution < 1.29 is 23.9 Å². The summed E-state index contributed by atoms with van der Waals surface area (Å²) < 4.78 is 9.46. The summed E-state index contributed by atoms with van der Waals surface area (Å²) in [5.74, 6) is -1.52. The van der Waals surface area contributed by atoms with Crippen molar-refractivity contribution in [2.24, 2.45) is 0 Å². The number of amides is 1. The van der Waals surface area contributed by atoms with E-state index in [1.54, 1.807) is 6.07 Å². The van der Waals surface area contributed by atoms with Crippen molar-refractivity contribution >= 4 is 23.5 Å². The Balaban J connectivity index is 1.91. The molecule has 0 atom stereocenters. The molecular weight excluding hydrogens is 346 g/mol. The third kappa shape index (κ3) is 4.00. The van der Waals surface area contributed by atoms with Gasteiger partial charge in [-0.05, 0) is 67.1 Å². The zero-order valence-corrected chi connectivity index (χ0v) is 15.3. The van der Waals surface area contributed by atoms with E-state index in [0.29, 0.717) is 5.56 Å². The van der Waals surface area contributed by atoms with E-state index in [4.69, 9.17) is 9.47 Å². The Bertz CT molecular complexity index is 903. The van der Waals surface area contributed by atoms with E-state index in [1.165, 1.54) is 50.0 Å². The van der Waals surface area contributed by atoms with Crippen LogP contribution in [0.15, 0.2) is 36.4 Å². The van der Waals surface area contributed by atoms with Gasteiger partial charge in [-0.15, -0.1) is 0 Å². The fraction of sp³-hybridized carbons (Fsp3) is 0.286. The van der Waals surface area contributed by atoms with E-state index in [9.17, 15) is 14.4 Å². The lowest BCUT2D eigenvalue weighted by atomic mass is 9.90. The molecule has 1 N–H and O–H groups in total. The van der Waals surface area contributed by atoms with Crippen LogP contribution < -0.4 is 5.32 Å². The van der Waals surface area contributed by atoms with Crippen LogP contribution in [0.5, 0.6) is 0 Å². The van der Waals surface area contributed by atoms with Crippen LogP contribution in [0.3, 0.4) is 0 Å². The first-order valence-corrected chi connectivity index (χ1v) is 8.77. The van der Waals surface area contributed by atoms with E-state index < -0.39 is 11.9 Å². The van der Waals surface area contributed by atoms with E-state index in [2.05, 4.69) is 5.32 Å². The molecule has 0 aromatic heterocycles. The van der Waals surface area contributed by atoms with Crippen molar-refractivity contribution in [2.75, 3.05) is 19.5 Å². The van der Waals surface area contributed by atoms with Gasteiger partial charge in [0.25, 0.3) is 5.91 Å². The van der Waals surface area contributed by atoms with Gasteiger partial charge in [-0.3, -0.25) is 4.79 Å². The van der Waals surface area contributed by atoms with Gasteiger partial charge in [0.2, 0.25) is 0 Å². The van der Waals surface area contributed by atoms with Crippen molar-refractivity contribution in [1.29, 1.82) is 0 Å². The second-order valence-corrected chi connectivity index (χ2v) is 6.39. The highest BCUT2D eigenvalue weighted by atomic mass is 16.5. The van der Waals surface area contributed by atoms with Gasteiger partial charge in [0, 0.05) is 5.56 Å². The smallest absolute Gasteiger partial charge is 0.339 e. The fourth-order valence-electron chi connectivity index (χ4n) is 3.25. The summed E-state index contributed by atoms with van der Waals surface area (Å²) >= 11 is 0. The van der Waals surface area contributed by atoms with Gasteiger partial charge in [-0.25, -0.2) is 9.59 Å². The normalized spacial score (nSPS) is 12.7. The number of rotatable bonds is 4. The number of fused-ring (bicyclic) bond motifs is 1. The summed E-state index contributed by atoms with van der Waals surface area (Å²) in [6, 6.07) is 9.95. The summed E-state index contributed by atoms with van der Waals surface area (Å²) in [6.07, 6.45) is 4.28. The van der Waals surface area contributed by atoms with E-state index in [-0.39, 0.29) is 22.7 Å². The van der Waals surface area contributed by atoms with Gasteiger partial charge < -0.3 is 14.8 Å². The lowest BCUT2D eigenvalue weighted by Gasteiger charge is -2.17. The van der Waals surface area contributed by atoms with Crippen LogP contribution in [0.4, 0.5) is 5.69 Å². The summed E-state index contributed by atoms with van der Waals surface area (Å²) in [6.45, 7) is 0. The highest BCUT2D eigenvalue weighted by Gasteiger charge is 2.19. The molecule has 0 bridgehead atoms. The van der Waals surface area contributed by atoms with Gasteiger partial charge in [0.05, 0.1) is 31.0 Å². The van der Waals surface area contributed by atoms with E-state index in [0.717, 1.165) is 19.3 Å². The van der Waals surface area contributed by atoms with Crippen LogP contribution >= 0.6 is 0 Å². The Labute approximate surface area is 157 Å². The Kier molecular flexibility index (Phi) is 5.54. The molecule has 1 amide bonds. The van der Waals surface area contributed by atoms with Crippen LogP contribution in [-0.2, 0) is 22.3 Å². The number of hydrogen-bond donors (Lipinski definition) is 1. The molecule has 3 rings (SSSR count). The Morgan fingerprint density at radius 2 is 1.48 bits per heavy atom. The number of esters is 2. The number of carbonyl (C=O) groups excluding carboxylic acids is 3. The van der Waals surface area contributed by atoms with E-state index in [1.807, 2.05) is 12.1 Å². The van der Waals surface area contributed by atoms with Gasteiger partial charge in [-0.1, -0.05) is 6.07 Å². The standard InChI is InChI=1S/C21H21NO5/c1-26-20(24)16-9-10-17(21(25)27-2)18(12-16)22-19(23)15-8-7-13-5-3-4-6-14(13)11-15/h7-12H,3-6H2,1-2H3,(H,22,23). The maximum Gasteiger partial charge on any atom is 0.339 e. The van der Waals surface area contributed by atoms with Crippen molar-refractivity contribution in [1.82, 2.24) is 0 Å². The van der Waals surface area contributed by atoms with Gasteiger partial charge in [0.1, 0.15) is 0 Å². The second-order valence-electron chi connectivity index (χ2n) is 6.39. The lowest BCUT2D eigenvalue weighted by molar-refractivity contribution is 0.0587. The topological polar surface area (TPSA) is 81.7 Å². The first kappa shape index (κ1) is 18.6. The minimum Gasteiger partial charge on any atom is -0.465 e. The molecular formula is C21H21NO5. The average Bonchev–Trinajstić information content (AvgIpc) is 2.72. The molecule has 0 saturated carbocycles. The molecule has 0 spiro atoms. The van der Waals surface area contributed by atoms with Crippen LogP contribution in [-0.4, -0.2) is 32.1 Å². The van der Waals surface area contributed by atoms with Crippen LogP contribution in [0.1, 0.15) is 55.0 Å². The maximum absolute atomic E-state index is 12.7. The summed E-state index contributed by atoms with van der Waals surface area (Å²) in [5, 5.41) is 2.72. The largest absolute Gasteiger partial charge is 0.465 e. The van der Waals surface area contributed by atoms with Gasteiger partial charge in [0.15, 0.2) is 0 Å². The van der Waals surface area contributed by atoms with Crippen molar-refractivity contribution in [2.45, 2.75) is 25.7 Å². The van der Waals surface area contributed by atoms with E-state index >= 15 is 0 Å². The molecule has 6 heteroatoms. The highest BCUT2D eigenvalue weighted by molar-refractivity contribution is 6.09. The predicted molar refractivity (Wildman–Crippen MR) is 100 cm³/mol. The molecule has 0 heterocycles. The van der Waals surface area contributed by atoms with Crippen LogP contribution in [0.2, 0.25) is 0 Å². The Morgan fingerprint density at radius 3 is 2.19 bits per heavy atom. The first-order valence-electron chi connectivity index (χ1n) is 8.77. The lowest BCUT2D eigenvalue weighted by Crippen LogP contribution is -2.17. The third-order valence-electron chi connectivity index (χ3n) is 4.70. The number of methoxy groups -OCH3 is 2. The zero-order chi connectivity index (χ0) is 19.4. The van der Waals surface area contributed by atoms with Crippen molar-refractivity contribution in [3.8, 4) is 0 Å². The predicted octanol–water partition coefficient (Wildman–Crippen LogP) is 3.39. The molecule has 140 valence electrons. The zero-order valence-electron chi connectivity index (χ0n) is 15.3. The molecule has 6 nitrogen and oxygen atoms in total. The maximum atomic E-state index is 12.7. The number of nitrogens with one attached hydrogen (secondary N) is 1. The molecule has 27 heavy (non-hydrogen) atoms. The molecule has 1 aliphatic rings. The number of anilines is 1. The molecule has 2 aromatic rings. The molecule has 0 fully saturated rings. The average molecular weight is 367 g/mol. The fourth-order valence-corrected chi connectivity index (χ4v) is 3.25. The van der Waals surface area contributed by atoms with Crippen molar-refractivity contribution in [3.63, 3.8) is 0 Å². The third-order valence-corrected chi connectivity index (χ3v) is 4.70. The Hall–Kier alpha value is -3.15. The minimum absolute atomic E-state index is 0.163. The number of carbonyl (C=O) groups is 3. The second kappa shape index (κ2) is 8.03. The van der Waals surface area contributed by atoms with Gasteiger partial charge >= 0.3 is 11.9 Å². The molecule has 1 aliphatic carbocycles. The number of aryl methyl sites for hydroxylation is 2. The summed E-state index contributed by atoms with van der Waals surface area (Å²) in [7, 11) is 2.52. The van der Waals surface area contributed by atoms with Crippen molar-refractivity contribution in [3.05, 3.63) is 64.2 Å². The summed E-state index contributed by atoms with van der Waals surface area (Å²) in [5.41, 5.74) is 3.57. The number of ether oxygens (including phenoxy) is 2. The molecule has 0 aliphatic heterocycles. The molecule has 2 aromatic carbocycles. The molecule has 0 saturated heterocycles. The van der Waals surface area contributed by atoms with Gasteiger partial charge in [-0.2, -0.15) is 0 Å². The quantitative estimate of drug-likeness (QED) is 0.838. The highest BCUT2D eigenvalue weighted by Crippen LogP contribution is 2.24. The Morgan fingerprint density at radius 1 is 0.815 bits per heavy atom. The first-order chi connectivity index (χ1) is 13.0. The molecule has 0 unspecified atom stereocenters. The number of benzene rings is 2. The van der Waals surface area contributed by atoms with Crippen LogP contribution in [0, 0.1) is 0 Å².